The molecule has 0 radical (unpaired) electrons. The van der Waals surface area contributed by atoms with Crippen LogP contribution in [0.3, 0.4) is 0 Å². The number of nitrogens with zero attached hydrogens (tertiary/aromatic N) is 1. The Morgan fingerprint density at radius 2 is 1.91 bits per heavy atom. The molecule has 120 valence electrons. The van der Waals surface area contributed by atoms with Gasteiger partial charge in [-0.25, -0.2) is 8.78 Å². The molecule has 1 N–H and O–H groups in total. The number of ether oxygens (including phenoxy) is 1. The lowest BCUT2D eigenvalue weighted by Gasteiger charge is -2.08. The van der Waals surface area contributed by atoms with E-state index in [1.54, 1.807) is 0 Å². The molecular formula is C14H9ClF2N2O4. The Kier molecular flexibility index (Phi) is 5.07. The zero-order valence-corrected chi connectivity index (χ0v) is 12.1. The second-order valence-electron chi connectivity index (χ2n) is 4.33. The van der Waals surface area contributed by atoms with E-state index < -0.39 is 29.1 Å². The standard InChI is InChI=1S/C14H9ClF2N2O4/c15-10-6-9(2-4-11(10)16)23-7-14(20)18-13-5-8(19(21)22)1-3-12(13)17/h1-6H,7H2,(H,18,20). The number of nitro benzene ring substituents is 1. The minimum absolute atomic E-state index is 0.145. The van der Waals surface area contributed by atoms with Gasteiger partial charge in [0.2, 0.25) is 0 Å². The summed E-state index contributed by atoms with van der Waals surface area (Å²) in [6, 6.07) is 6.24. The maximum absolute atomic E-state index is 13.5. The molecule has 2 aromatic carbocycles. The van der Waals surface area contributed by atoms with Gasteiger partial charge in [0, 0.05) is 18.2 Å². The highest BCUT2D eigenvalue weighted by Gasteiger charge is 2.13. The fraction of sp³-hybridized carbons (Fsp3) is 0.0714. The molecule has 6 nitrogen and oxygen atoms in total. The van der Waals surface area contributed by atoms with Gasteiger partial charge in [0.1, 0.15) is 17.4 Å². The summed E-state index contributed by atoms with van der Waals surface area (Å²) < 4.78 is 31.6. The molecule has 0 saturated carbocycles. The fourth-order valence-electron chi connectivity index (χ4n) is 1.62. The molecule has 9 heteroatoms. The summed E-state index contributed by atoms with van der Waals surface area (Å²) >= 11 is 5.56. The summed E-state index contributed by atoms with van der Waals surface area (Å²) in [7, 11) is 0. The number of carbonyl (C=O) groups excluding carboxylic acids is 1. The number of carbonyl (C=O) groups is 1. The molecule has 0 aliphatic carbocycles. The van der Waals surface area contributed by atoms with Crippen molar-refractivity contribution in [2.24, 2.45) is 0 Å². The summed E-state index contributed by atoms with van der Waals surface area (Å²) in [5.74, 6) is -2.06. The van der Waals surface area contributed by atoms with Crippen LogP contribution in [0.1, 0.15) is 0 Å². The van der Waals surface area contributed by atoms with E-state index in [0.29, 0.717) is 0 Å². The first-order valence-corrected chi connectivity index (χ1v) is 6.56. The minimum atomic E-state index is -0.825. The zero-order chi connectivity index (χ0) is 17.0. The molecule has 0 saturated heterocycles. The number of hydrogen-bond acceptors (Lipinski definition) is 4. The quantitative estimate of drug-likeness (QED) is 0.665. The number of nitrogens with one attached hydrogen (secondary N) is 1. The summed E-state index contributed by atoms with van der Waals surface area (Å²) in [5, 5.41) is 12.6. The normalized spacial score (nSPS) is 10.2. The van der Waals surface area contributed by atoms with Crippen LogP contribution in [-0.2, 0) is 4.79 Å². The summed E-state index contributed by atoms with van der Waals surface area (Å²) in [4.78, 5) is 21.6. The van der Waals surface area contributed by atoms with Crippen molar-refractivity contribution in [1.29, 1.82) is 0 Å². The van der Waals surface area contributed by atoms with Crippen molar-refractivity contribution in [3.63, 3.8) is 0 Å². The first kappa shape index (κ1) is 16.6. The van der Waals surface area contributed by atoms with Gasteiger partial charge in [-0.1, -0.05) is 11.6 Å². The predicted molar refractivity (Wildman–Crippen MR) is 78.6 cm³/mol. The van der Waals surface area contributed by atoms with Crippen LogP contribution in [0.4, 0.5) is 20.2 Å². The Bertz CT molecular complexity index is 770. The van der Waals surface area contributed by atoms with Crippen molar-refractivity contribution in [2.45, 2.75) is 0 Å². The number of rotatable bonds is 5. The van der Waals surface area contributed by atoms with E-state index in [9.17, 15) is 23.7 Å². The lowest BCUT2D eigenvalue weighted by molar-refractivity contribution is -0.384. The average molecular weight is 343 g/mol. The number of benzene rings is 2. The fourth-order valence-corrected chi connectivity index (χ4v) is 1.79. The van der Waals surface area contributed by atoms with Crippen molar-refractivity contribution >= 4 is 28.9 Å². The lowest BCUT2D eigenvalue weighted by Crippen LogP contribution is -2.20. The number of hydrogen-bond donors (Lipinski definition) is 1. The van der Waals surface area contributed by atoms with Gasteiger partial charge in [-0.05, 0) is 18.2 Å². The lowest BCUT2D eigenvalue weighted by atomic mass is 10.2. The van der Waals surface area contributed by atoms with Crippen LogP contribution >= 0.6 is 11.6 Å². The molecule has 0 bridgehead atoms. The number of amides is 1. The van der Waals surface area contributed by atoms with E-state index in [1.165, 1.54) is 12.1 Å². The van der Waals surface area contributed by atoms with Crippen LogP contribution in [0, 0.1) is 21.7 Å². The van der Waals surface area contributed by atoms with Gasteiger partial charge in [-0.15, -0.1) is 0 Å². The number of nitro groups is 1. The maximum Gasteiger partial charge on any atom is 0.271 e. The highest BCUT2D eigenvalue weighted by Crippen LogP contribution is 2.22. The van der Waals surface area contributed by atoms with E-state index in [0.717, 1.165) is 24.3 Å². The third kappa shape index (κ3) is 4.36. The molecule has 2 aromatic rings. The molecule has 23 heavy (non-hydrogen) atoms. The molecule has 0 aliphatic heterocycles. The monoisotopic (exact) mass is 342 g/mol. The van der Waals surface area contributed by atoms with E-state index in [2.05, 4.69) is 5.32 Å². The summed E-state index contributed by atoms with van der Waals surface area (Å²) in [5.41, 5.74) is -0.710. The van der Waals surface area contributed by atoms with Gasteiger partial charge in [0.25, 0.3) is 11.6 Å². The Balaban J connectivity index is 2.00. The van der Waals surface area contributed by atoms with Crippen molar-refractivity contribution in [2.75, 3.05) is 11.9 Å². The SMILES string of the molecule is O=C(COc1ccc(F)c(Cl)c1)Nc1cc([N+](=O)[O-])ccc1F. The molecule has 2 rings (SSSR count). The maximum atomic E-state index is 13.5. The zero-order valence-electron chi connectivity index (χ0n) is 11.4. The van der Waals surface area contributed by atoms with Crippen LogP contribution in [0.5, 0.6) is 5.75 Å². The van der Waals surface area contributed by atoms with E-state index in [-0.39, 0.29) is 22.1 Å². The Morgan fingerprint density at radius 3 is 2.57 bits per heavy atom. The van der Waals surface area contributed by atoms with E-state index in [1.807, 2.05) is 0 Å². The number of non-ortho nitro benzene ring substituents is 1. The van der Waals surface area contributed by atoms with Crippen LogP contribution in [0.15, 0.2) is 36.4 Å². The van der Waals surface area contributed by atoms with Crippen LogP contribution in [0.25, 0.3) is 0 Å². The average Bonchev–Trinajstić information content (AvgIpc) is 2.50. The van der Waals surface area contributed by atoms with Gasteiger partial charge in [-0.3, -0.25) is 14.9 Å². The smallest absolute Gasteiger partial charge is 0.271 e. The second-order valence-corrected chi connectivity index (χ2v) is 4.74. The first-order valence-electron chi connectivity index (χ1n) is 6.18. The third-order valence-corrected chi connectivity index (χ3v) is 2.99. The van der Waals surface area contributed by atoms with Gasteiger partial charge in [0.05, 0.1) is 15.6 Å². The third-order valence-electron chi connectivity index (χ3n) is 2.70. The molecule has 0 heterocycles. The molecule has 1 amide bonds. The van der Waals surface area contributed by atoms with E-state index in [4.69, 9.17) is 16.3 Å². The molecule has 0 aromatic heterocycles. The summed E-state index contributed by atoms with van der Waals surface area (Å²) in [6.45, 7) is -0.510. The Morgan fingerprint density at radius 1 is 1.22 bits per heavy atom. The molecular weight excluding hydrogens is 334 g/mol. The highest BCUT2D eigenvalue weighted by atomic mass is 35.5. The van der Waals surface area contributed by atoms with Crippen molar-refractivity contribution in [1.82, 2.24) is 0 Å². The number of anilines is 1. The summed E-state index contributed by atoms with van der Waals surface area (Å²) in [6.07, 6.45) is 0. The minimum Gasteiger partial charge on any atom is -0.484 e. The predicted octanol–water partition coefficient (Wildman–Crippen LogP) is 3.54. The molecule has 0 aliphatic rings. The molecule has 0 fully saturated rings. The molecule has 0 atom stereocenters. The first-order chi connectivity index (χ1) is 10.9. The number of halogens is 3. The van der Waals surface area contributed by atoms with Gasteiger partial charge in [0.15, 0.2) is 6.61 Å². The van der Waals surface area contributed by atoms with Crippen molar-refractivity contribution in [3.8, 4) is 5.75 Å². The largest absolute Gasteiger partial charge is 0.484 e. The van der Waals surface area contributed by atoms with Crippen molar-refractivity contribution < 1.29 is 23.2 Å². The molecule has 0 unspecified atom stereocenters. The second kappa shape index (κ2) is 7.01. The van der Waals surface area contributed by atoms with Crippen LogP contribution in [0.2, 0.25) is 5.02 Å². The van der Waals surface area contributed by atoms with E-state index >= 15 is 0 Å². The topological polar surface area (TPSA) is 81.5 Å². The van der Waals surface area contributed by atoms with Gasteiger partial charge < -0.3 is 10.1 Å². The Hall–Kier alpha value is -2.74. The van der Waals surface area contributed by atoms with Gasteiger partial charge >= 0.3 is 0 Å². The van der Waals surface area contributed by atoms with Crippen LogP contribution in [-0.4, -0.2) is 17.4 Å². The Labute approximate surface area is 133 Å². The van der Waals surface area contributed by atoms with Crippen LogP contribution < -0.4 is 10.1 Å². The highest BCUT2D eigenvalue weighted by molar-refractivity contribution is 6.30. The van der Waals surface area contributed by atoms with Crippen molar-refractivity contribution in [3.05, 3.63) is 63.2 Å². The van der Waals surface area contributed by atoms with Gasteiger partial charge in [-0.2, -0.15) is 0 Å². The molecule has 0 spiro atoms.